The molecule has 0 unspecified atom stereocenters. The maximum Gasteiger partial charge on any atom is 0.153 e. The number of aryl methyl sites for hydroxylation is 1. The lowest BCUT2D eigenvalue weighted by Crippen LogP contribution is -1.97. The number of benzene rings is 1. The first kappa shape index (κ1) is 12.7. The summed E-state index contributed by atoms with van der Waals surface area (Å²) in [5.41, 5.74) is 10.7. The Kier molecular flexibility index (Phi) is 3.70. The van der Waals surface area contributed by atoms with E-state index in [9.17, 15) is 0 Å². The molecule has 0 fully saturated rings. The zero-order chi connectivity index (χ0) is 13.1. The van der Waals surface area contributed by atoms with E-state index in [0.29, 0.717) is 11.7 Å². The summed E-state index contributed by atoms with van der Waals surface area (Å²) >= 11 is 0. The number of hydrogen-bond donors (Lipinski definition) is 2. The molecule has 3 heteroatoms. The highest BCUT2D eigenvalue weighted by molar-refractivity contribution is 5.76. The van der Waals surface area contributed by atoms with Crippen LogP contribution in [0.1, 0.15) is 32.0 Å². The van der Waals surface area contributed by atoms with E-state index in [1.165, 1.54) is 5.56 Å². The van der Waals surface area contributed by atoms with E-state index < -0.39 is 0 Å². The van der Waals surface area contributed by atoms with Crippen LogP contribution in [0.25, 0.3) is 11.1 Å². The summed E-state index contributed by atoms with van der Waals surface area (Å²) in [6, 6.07) is 8.57. The summed E-state index contributed by atoms with van der Waals surface area (Å²) in [6.07, 6.45) is 2.02. The number of aromatic nitrogens is 2. The number of anilines is 1. The summed E-state index contributed by atoms with van der Waals surface area (Å²) in [6.45, 7) is 6.55. The normalized spacial score (nSPS) is 11.1. The molecule has 1 heterocycles. The second kappa shape index (κ2) is 5.25. The average molecular weight is 243 g/mol. The van der Waals surface area contributed by atoms with Gasteiger partial charge in [-0.3, -0.25) is 5.10 Å². The lowest BCUT2D eigenvalue weighted by molar-refractivity contribution is 0.634. The van der Waals surface area contributed by atoms with Crippen molar-refractivity contribution in [3.05, 3.63) is 35.5 Å². The van der Waals surface area contributed by atoms with Gasteiger partial charge in [0.15, 0.2) is 5.82 Å². The first-order valence-electron chi connectivity index (χ1n) is 6.53. The molecule has 2 aromatic rings. The molecule has 0 saturated heterocycles. The number of nitrogens with two attached hydrogens (primary N) is 1. The molecule has 3 nitrogen and oxygen atoms in total. The molecule has 0 spiro atoms. The van der Waals surface area contributed by atoms with Gasteiger partial charge in [-0.25, -0.2) is 0 Å². The third-order valence-corrected chi connectivity index (χ3v) is 3.13. The molecule has 0 aliphatic rings. The van der Waals surface area contributed by atoms with E-state index in [0.717, 1.165) is 29.7 Å². The molecule has 18 heavy (non-hydrogen) atoms. The Hall–Kier alpha value is -1.77. The van der Waals surface area contributed by atoms with E-state index in [1.807, 2.05) is 0 Å². The van der Waals surface area contributed by atoms with Crippen LogP contribution in [0.5, 0.6) is 0 Å². The summed E-state index contributed by atoms with van der Waals surface area (Å²) in [4.78, 5) is 0. The van der Waals surface area contributed by atoms with Gasteiger partial charge in [0.1, 0.15) is 0 Å². The average Bonchev–Trinajstić information content (AvgIpc) is 2.70. The van der Waals surface area contributed by atoms with Crippen molar-refractivity contribution in [1.82, 2.24) is 10.2 Å². The lowest BCUT2D eigenvalue weighted by atomic mass is 9.98. The minimum absolute atomic E-state index is 0.582. The Morgan fingerprint density at radius 3 is 2.44 bits per heavy atom. The smallest absolute Gasteiger partial charge is 0.153 e. The molecule has 0 aliphatic carbocycles. The molecule has 0 bridgehead atoms. The quantitative estimate of drug-likeness (QED) is 0.864. The molecule has 2 rings (SSSR count). The third-order valence-electron chi connectivity index (χ3n) is 3.13. The largest absolute Gasteiger partial charge is 0.382 e. The number of hydrogen-bond acceptors (Lipinski definition) is 2. The van der Waals surface area contributed by atoms with Crippen molar-refractivity contribution in [2.24, 2.45) is 5.92 Å². The fourth-order valence-corrected chi connectivity index (χ4v) is 2.18. The van der Waals surface area contributed by atoms with E-state index in [4.69, 9.17) is 5.73 Å². The first-order valence-corrected chi connectivity index (χ1v) is 6.53. The van der Waals surface area contributed by atoms with Crippen LogP contribution in [0.15, 0.2) is 24.3 Å². The number of nitrogens with zero attached hydrogens (tertiary/aromatic N) is 1. The summed E-state index contributed by atoms with van der Waals surface area (Å²) in [5, 5.41) is 7.20. The van der Waals surface area contributed by atoms with Gasteiger partial charge in [0.25, 0.3) is 0 Å². The zero-order valence-electron chi connectivity index (χ0n) is 11.3. The summed E-state index contributed by atoms with van der Waals surface area (Å²) in [5.74, 6) is 1.17. The number of nitrogens with one attached hydrogen (secondary N) is 1. The Morgan fingerprint density at radius 1 is 1.22 bits per heavy atom. The summed E-state index contributed by atoms with van der Waals surface area (Å²) in [7, 11) is 0. The second-order valence-corrected chi connectivity index (χ2v) is 5.11. The minimum atomic E-state index is 0.582. The molecular weight excluding hydrogens is 222 g/mol. The van der Waals surface area contributed by atoms with Gasteiger partial charge in [-0.1, -0.05) is 45.0 Å². The molecule has 0 atom stereocenters. The zero-order valence-corrected chi connectivity index (χ0v) is 11.3. The van der Waals surface area contributed by atoms with Gasteiger partial charge < -0.3 is 5.73 Å². The maximum atomic E-state index is 5.98. The van der Waals surface area contributed by atoms with E-state index in [1.54, 1.807) is 0 Å². The molecule has 1 aromatic heterocycles. The van der Waals surface area contributed by atoms with Gasteiger partial charge in [0.05, 0.1) is 0 Å². The third kappa shape index (κ3) is 2.55. The van der Waals surface area contributed by atoms with Gasteiger partial charge in [0, 0.05) is 11.3 Å². The van der Waals surface area contributed by atoms with Gasteiger partial charge in [-0.15, -0.1) is 0 Å². The van der Waals surface area contributed by atoms with Crippen LogP contribution in [0.4, 0.5) is 5.82 Å². The second-order valence-electron chi connectivity index (χ2n) is 5.11. The van der Waals surface area contributed by atoms with Gasteiger partial charge >= 0.3 is 0 Å². The standard InChI is InChI=1S/C15H21N3/c1-4-11-5-7-12(8-6-11)14-13(9-10(2)3)17-18-15(14)16/h5-8,10H,4,9H2,1-3H3,(H3,16,17,18). The number of aromatic amines is 1. The van der Waals surface area contributed by atoms with Crippen LogP contribution < -0.4 is 5.73 Å². The van der Waals surface area contributed by atoms with Crippen molar-refractivity contribution >= 4 is 5.82 Å². The van der Waals surface area contributed by atoms with Crippen LogP contribution in [0.3, 0.4) is 0 Å². The highest BCUT2D eigenvalue weighted by Gasteiger charge is 2.13. The van der Waals surface area contributed by atoms with E-state index >= 15 is 0 Å². The van der Waals surface area contributed by atoms with Crippen molar-refractivity contribution in [3.63, 3.8) is 0 Å². The summed E-state index contributed by atoms with van der Waals surface area (Å²) < 4.78 is 0. The molecule has 0 amide bonds. The van der Waals surface area contributed by atoms with Crippen LogP contribution in [0, 0.1) is 5.92 Å². The van der Waals surface area contributed by atoms with Crippen LogP contribution in [-0.4, -0.2) is 10.2 Å². The van der Waals surface area contributed by atoms with E-state index in [-0.39, 0.29) is 0 Å². The molecular formula is C15H21N3. The fourth-order valence-electron chi connectivity index (χ4n) is 2.18. The molecule has 96 valence electrons. The Bertz CT molecular complexity index is 509. The topological polar surface area (TPSA) is 54.7 Å². The van der Waals surface area contributed by atoms with E-state index in [2.05, 4.69) is 55.2 Å². The fraction of sp³-hybridized carbons (Fsp3) is 0.400. The number of rotatable bonds is 4. The molecule has 0 aliphatic heterocycles. The van der Waals surface area contributed by atoms with Crippen molar-refractivity contribution in [2.75, 3.05) is 5.73 Å². The maximum absolute atomic E-state index is 5.98. The highest BCUT2D eigenvalue weighted by atomic mass is 15.2. The molecule has 0 radical (unpaired) electrons. The Labute approximate surface area is 108 Å². The molecule has 0 saturated carbocycles. The SMILES string of the molecule is CCc1ccc(-c2c(N)n[nH]c2CC(C)C)cc1. The number of H-pyrrole nitrogens is 1. The van der Waals surface area contributed by atoms with Crippen molar-refractivity contribution in [1.29, 1.82) is 0 Å². The van der Waals surface area contributed by atoms with Crippen molar-refractivity contribution in [3.8, 4) is 11.1 Å². The number of nitrogen functional groups attached to an aromatic ring is 1. The van der Waals surface area contributed by atoms with Crippen LogP contribution >= 0.6 is 0 Å². The monoisotopic (exact) mass is 243 g/mol. The molecule has 1 aromatic carbocycles. The van der Waals surface area contributed by atoms with Crippen molar-refractivity contribution < 1.29 is 0 Å². The van der Waals surface area contributed by atoms with Crippen LogP contribution in [0.2, 0.25) is 0 Å². The Balaban J connectivity index is 2.39. The van der Waals surface area contributed by atoms with Crippen molar-refractivity contribution in [2.45, 2.75) is 33.6 Å². The minimum Gasteiger partial charge on any atom is -0.382 e. The van der Waals surface area contributed by atoms with Gasteiger partial charge in [0.2, 0.25) is 0 Å². The van der Waals surface area contributed by atoms with Crippen LogP contribution in [-0.2, 0) is 12.8 Å². The molecule has 3 N–H and O–H groups in total. The highest BCUT2D eigenvalue weighted by Crippen LogP contribution is 2.29. The first-order chi connectivity index (χ1) is 8.61. The predicted octanol–water partition coefficient (Wildman–Crippen LogP) is 3.42. The Morgan fingerprint density at radius 2 is 1.89 bits per heavy atom. The lowest BCUT2D eigenvalue weighted by Gasteiger charge is -2.07. The van der Waals surface area contributed by atoms with Gasteiger partial charge in [-0.05, 0) is 29.9 Å². The van der Waals surface area contributed by atoms with Gasteiger partial charge in [-0.2, -0.15) is 5.10 Å². The predicted molar refractivity (Wildman–Crippen MR) is 76.4 cm³/mol.